The van der Waals surface area contributed by atoms with E-state index in [1.54, 1.807) is 12.4 Å². The lowest BCUT2D eigenvalue weighted by Gasteiger charge is -2.07. The zero-order valence-electron chi connectivity index (χ0n) is 25.6. The van der Waals surface area contributed by atoms with E-state index in [9.17, 15) is 20.4 Å². The summed E-state index contributed by atoms with van der Waals surface area (Å²) in [4.78, 5) is 20.4. The summed E-state index contributed by atoms with van der Waals surface area (Å²) in [6.45, 7) is 8.78. The third-order valence-corrected chi connectivity index (χ3v) is 8.73. The number of nitrogens with zero attached hydrogens (tertiary/aromatic N) is 2. The Balaban J connectivity index is 1.74. The highest BCUT2D eigenvalue weighted by Gasteiger charge is 2.22. The Morgan fingerprint density at radius 2 is 1.02 bits per heavy atom. The Bertz CT molecular complexity index is 1550. The first-order valence-electron chi connectivity index (χ1n) is 15.3. The van der Waals surface area contributed by atoms with Gasteiger partial charge in [-0.05, 0) is 85.8 Å². The molecule has 228 valence electrons. The highest BCUT2D eigenvalue weighted by molar-refractivity contribution is 5.88. The van der Waals surface area contributed by atoms with E-state index >= 15 is 0 Å². The number of aliphatic hydroxyl groups excluding tert-OH is 2. The fourth-order valence-electron chi connectivity index (χ4n) is 6.43. The molecule has 3 aromatic heterocycles. The number of aromatic nitrogens is 3. The van der Waals surface area contributed by atoms with E-state index < -0.39 is 0 Å². The second-order valence-corrected chi connectivity index (χ2v) is 11.3. The van der Waals surface area contributed by atoms with Crippen LogP contribution in [-0.2, 0) is 38.5 Å². The van der Waals surface area contributed by atoms with Crippen LogP contribution < -0.4 is 0 Å². The molecule has 0 spiro atoms. The number of aliphatic hydroxyl groups is 2. The first kappa shape index (κ1) is 30.4. The highest BCUT2D eigenvalue weighted by Crippen LogP contribution is 2.39. The molecule has 43 heavy (non-hydrogen) atoms. The minimum Gasteiger partial charge on any atom is -0.504 e. The van der Waals surface area contributed by atoms with Crippen LogP contribution in [0.2, 0.25) is 0 Å². The van der Waals surface area contributed by atoms with Crippen molar-refractivity contribution in [2.45, 2.75) is 79.1 Å². The van der Waals surface area contributed by atoms with E-state index in [4.69, 9.17) is 9.98 Å². The van der Waals surface area contributed by atoms with Crippen LogP contribution in [0.5, 0.6) is 11.5 Å². The quantitative estimate of drug-likeness (QED) is 0.117. The number of aromatic hydroxyl groups is 2. The average molecular weight is 586 g/mol. The largest absolute Gasteiger partial charge is 0.504 e. The summed E-state index contributed by atoms with van der Waals surface area (Å²) in [5.41, 5.74) is 14.3. The van der Waals surface area contributed by atoms with Crippen molar-refractivity contribution >= 4 is 23.8 Å². The van der Waals surface area contributed by atoms with Crippen LogP contribution in [0.1, 0.15) is 94.2 Å². The van der Waals surface area contributed by atoms with Gasteiger partial charge in [0.25, 0.3) is 0 Å². The number of H-pyrrole nitrogens is 3. The van der Waals surface area contributed by atoms with Crippen molar-refractivity contribution in [3.8, 4) is 11.5 Å². The molecule has 0 aliphatic carbocycles. The Hall–Kier alpha value is -4.08. The molecule has 6 bridgehead atoms. The van der Waals surface area contributed by atoms with Gasteiger partial charge in [0.2, 0.25) is 0 Å². The zero-order valence-corrected chi connectivity index (χ0v) is 25.6. The third-order valence-electron chi connectivity index (χ3n) is 8.73. The SMILES string of the molecule is CCc1c2[nH]c(c1CC)Cc1[nH]c(c(C)c1CCCO)C=Nc1cc(O)c(O)cc1N=Cc1[nH]c(c(CCCO)c1C)C2. The topological polar surface area (TPSA) is 153 Å². The predicted octanol–water partition coefficient (Wildman–Crippen LogP) is 5.67. The first-order valence-corrected chi connectivity index (χ1v) is 15.3. The van der Waals surface area contributed by atoms with Gasteiger partial charge in [0.1, 0.15) is 0 Å². The molecule has 7 N–H and O–H groups in total. The van der Waals surface area contributed by atoms with Crippen molar-refractivity contribution in [2.24, 2.45) is 9.98 Å². The van der Waals surface area contributed by atoms with Crippen molar-refractivity contribution in [1.29, 1.82) is 0 Å². The monoisotopic (exact) mass is 585 g/mol. The summed E-state index contributed by atoms with van der Waals surface area (Å²) in [5, 5.41) is 39.8. The fraction of sp³-hybridized carbons (Fsp3) is 0.412. The molecule has 0 radical (unpaired) electrons. The van der Waals surface area contributed by atoms with Crippen LogP contribution in [0.25, 0.3) is 0 Å². The molecule has 0 atom stereocenters. The molecule has 0 amide bonds. The summed E-state index contributed by atoms with van der Waals surface area (Å²) >= 11 is 0. The van der Waals surface area contributed by atoms with Gasteiger partial charge < -0.3 is 35.4 Å². The summed E-state index contributed by atoms with van der Waals surface area (Å²) in [7, 11) is 0. The summed E-state index contributed by atoms with van der Waals surface area (Å²) in [6.07, 6.45) is 9.53. The van der Waals surface area contributed by atoms with Crippen molar-refractivity contribution in [3.05, 3.63) is 79.7 Å². The van der Waals surface area contributed by atoms with Gasteiger partial charge in [-0.15, -0.1) is 0 Å². The number of hydrogen-bond acceptors (Lipinski definition) is 6. The van der Waals surface area contributed by atoms with Crippen LogP contribution >= 0.6 is 0 Å². The molecular weight excluding hydrogens is 542 g/mol. The number of hydrogen-bond donors (Lipinski definition) is 7. The second kappa shape index (κ2) is 13.1. The van der Waals surface area contributed by atoms with Crippen LogP contribution in [-0.4, -0.2) is 61.0 Å². The van der Waals surface area contributed by atoms with Crippen molar-refractivity contribution in [2.75, 3.05) is 13.2 Å². The number of aromatic amines is 3. The minimum absolute atomic E-state index is 0.116. The van der Waals surface area contributed by atoms with Crippen LogP contribution in [0.15, 0.2) is 22.1 Å². The van der Waals surface area contributed by atoms with Gasteiger partial charge in [-0.1, -0.05) is 13.8 Å². The molecule has 1 aromatic carbocycles. The van der Waals surface area contributed by atoms with E-state index in [1.165, 1.54) is 45.8 Å². The van der Waals surface area contributed by atoms with Crippen LogP contribution in [0, 0.1) is 13.8 Å². The molecule has 1 aliphatic rings. The molecule has 4 aromatic rings. The van der Waals surface area contributed by atoms with Gasteiger partial charge in [0.05, 0.1) is 35.2 Å². The molecule has 0 unspecified atom stereocenters. The fourth-order valence-corrected chi connectivity index (χ4v) is 6.43. The van der Waals surface area contributed by atoms with Gasteiger partial charge in [0.15, 0.2) is 11.5 Å². The number of aliphatic imine (C=N–C) groups is 2. The molecule has 0 fully saturated rings. The van der Waals surface area contributed by atoms with Crippen molar-refractivity contribution in [1.82, 2.24) is 15.0 Å². The molecule has 4 heterocycles. The lowest BCUT2D eigenvalue weighted by atomic mass is 9.97. The molecule has 0 saturated carbocycles. The number of nitrogens with one attached hydrogen (secondary N) is 3. The zero-order chi connectivity index (χ0) is 30.7. The predicted molar refractivity (Wildman–Crippen MR) is 171 cm³/mol. The van der Waals surface area contributed by atoms with E-state index in [0.717, 1.165) is 59.6 Å². The Morgan fingerprint density at radius 1 is 0.628 bits per heavy atom. The Morgan fingerprint density at radius 3 is 1.40 bits per heavy atom. The van der Waals surface area contributed by atoms with E-state index in [1.807, 2.05) is 0 Å². The molecule has 9 heteroatoms. The van der Waals surface area contributed by atoms with Gasteiger partial charge in [-0.3, -0.25) is 9.98 Å². The standard InChI is InChI=1S/C34H43N5O4/c1-5-21-22(6-2)26-14-28-24(10-8-12-41)20(4)32(39-28)18-36-30-16-34(43)33(42)15-29(30)35-17-31-19(3)23(9-7-11-40)27(38-31)13-25(21)37-26/h15-18,37-43H,5-14H2,1-4H3. The van der Waals surface area contributed by atoms with Gasteiger partial charge in [-0.25, -0.2) is 0 Å². The van der Waals surface area contributed by atoms with E-state index in [-0.39, 0.29) is 24.7 Å². The average Bonchev–Trinajstić information content (AvgIpc) is 3.59. The smallest absolute Gasteiger partial charge is 0.159 e. The third kappa shape index (κ3) is 6.05. The lowest BCUT2D eigenvalue weighted by molar-refractivity contribution is 0.288. The van der Waals surface area contributed by atoms with Gasteiger partial charge in [-0.2, -0.15) is 0 Å². The maximum absolute atomic E-state index is 10.3. The Labute approximate surface area is 252 Å². The molecule has 9 nitrogen and oxygen atoms in total. The number of phenols is 2. The van der Waals surface area contributed by atoms with E-state index in [0.29, 0.717) is 37.1 Å². The van der Waals surface area contributed by atoms with E-state index in [2.05, 4.69) is 42.6 Å². The number of rotatable bonds is 8. The normalized spacial score (nSPS) is 13.0. The summed E-state index contributed by atoms with van der Waals surface area (Å²) in [6, 6.07) is 2.83. The summed E-state index contributed by atoms with van der Waals surface area (Å²) in [5.74, 6) is -0.537. The van der Waals surface area contributed by atoms with Crippen molar-refractivity contribution in [3.63, 3.8) is 0 Å². The summed E-state index contributed by atoms with van der Waals surface area (Å²) < 4.78 is 0. The lowest BCUT2D eigenvalue weighted by Crippen LogP contribution is -2.00. The number of fused-ring (bicyclic) bond motifs is 7. The molecule has 5 rings (SSSR count). The van der Waals surface area contributed by atoms with Crippen LogP contribution in [0.3, 0.4) is 0 Å². The van der Waals surface area contributed by atoms with Gasteiger partial charge in [0, 0.05) is 61.0 Å². The molecule has 0 saturated heterocycles. The number of phenolic OH excluding ortho intramolecular Hbond substituents is 2. The van der Waals surface area contributed by atoms with Crippen molar-refractivity contribution < 1.29 is 20.4 Å². The van der Waals surface area contributed by atoms with Crippen LogP contribution in [0.4, 0.5) is 11.4 Å². The number of benzene rings is 1. The maximum atomic E-state index is 10.3. The highest BCUT2D eigenvalue weighted by atomic mass is 16.3. The minimum atomic E-state index is -0.268. The Kier molecular flexibility index (Phi) is 9.22. The first-order chi connectivity index (χ1) is 20.8. The molecule has 1 aliphatic heterocycles. The molecular formula is C34H43N5O4. The second-order valence-electron chi connectivity index (χ2n) is 11.3. The maximum Gasteiger partial charge on any atom is 0.159 e. The van der Waals surface area contributed by atoms with Gasteiger partial charge >= 0.3 is 0 Å².